The van der Waals surface area contributed by atoms with Gasteiger partial charge in [0.15, 0.2) is 0 Å². The minimum absolute atomic E-state index is 0.202. The standard InChI is InChI=1S/C20H26N2O/c1-14(23)13-16-9-11-17(12-10-16)20-19-8-6-4-3-5-7-18(19)15(2)21-22-20/h9-12,18-19H,3-8,13H2,1-2H3. The number of hydrogen-bond donors (Lipinski definition) is 0. The van der Waals surface area contributed by atoms with Gasteiger partial charge in [-0.05, 0) is 37.8 Å². The van der Waals surface area contributed by atoms with E-state index >= 15 is 0 Å². The molecule has 3 nitrogen and oxygen atoms in total. The van der Waals surface area contributed by atoms with Gasteiger partial charge in [0.05, 0.1) is 5.71 Å². The van der Waals surface area contributed by atoms with E-state index in [0.717, 1.165) is 11.3 Å². The van der Waals surface area contributed by atoms with E-state index in [1.807, 2.05) is 0 Å². The predicted octanol–water partition coefficient (Wildman–Crippen LogP) is 4.58. The fourth-order valence-corrected chi connectivity index (χ4v) is 3.95. The van der Waals surface area contributed by atoms with E-state index in [0.29, 0.717) is 18.3 Å². The second-order valence-corrected chi connectivity index (χ2v) is 7.01. The van der Waals surface area contributed by atoms with E-state index in [1.165, 1.54) is 49.8 Å². The predicted molar refractivity (Wildman–Crippen MR) is 95.2 cm³/mol. The van der Waals surface area contributed by atoms with Crippen LogP contribution >= 0.6 is 0 Å². The van der Waals surface area contributed by atoms with Crippen molar-refractivity contribution in [1.82, 2.24) is 0 Å². The molecule has 23 heavy (non-hydrogen) atoms. The Morgan fingerprint density at radius 3 is 2.30 bits per heavy atom. The SMILES string of the molecule is CC(=O)Cc1ccc(C2=NN=C(C)C3CCCCCCC23)cc1. The van der Waals surface area contributed by atoms with Gasteiger partial charge in [0.25, 0.3) is 0 Å². The normalized spacial score (nSPS) is 24.8. The first-order valence-electron chi connectivity index (χ1n) is 8.86. The molecule has 2 unspecified atom stereocenters. The molecule has 0 radical (unpaired) electrons. The fraction of sp³-hybridized carbons (Fsp3) is 0.550. The summed E-state index contributed by atoms with van der Waals surface area (Å²) in [4.78, 5) is 11.3. The number of rotatable bonds is 3. The Labute approximate surface area is 138 Å². The summed E-state index contributed by atoms with van der Waals surface area (Å²) in [6.07, 6.45) is 8.24. The van der Waals surface area contributed by atoms with Crippen LogP contribution in [0, 0.1) is 11.8 Å². The van der Waals surface area contributed by atoms with E-state index in [9.17, 15) is 4.79 Å². The number of benzene rings is 1. The highest BCUT2D eigenvalue weighted by Gasteiger charge is 2.32. The summed E-state index contributed by atoms with van der Waals surface area (Å²) in [6.45, 7) is 3.77. The Hall–Kier alpha value is -1.77. The molecule has 122 valence electrons. The molecule has 1 saturated carbocycles. The Morgan fingerprint density at radius 2 is 1.65 bits per heavy atom. The Morgan fingerprint density at radius 1 is 1.00 bits per heavy atom. The molecular formula is C20H26N2O. The lowest BCUT2D eigenvalue weighted by Gasteiger charge is -2.32. The van der Waals surface area contributed by atoms with Gasteiger partial charge < -0.3 is 0 Å². The van der Waals surface area contributed by atoms with E-state index in [2.05, 4.69) is 41.4 Å². The first-order chi connectivity index (χ1) is 11.1. The van der Waals surface area contributed by atoms with Crippen LogP contribution < -0.4 is 0 Å². The molecule has 3 rings (SSSR count). The zero-order valence-corrected chi connectivity index (χ0v) is 14.2. The quantitative estimate of drug-likeness (QED) is 0.805. The summed E-state index contributed by atoms with van der Waals surface area (Å²) in [5, 5.41) is 9.03. The van der Waals surface area contributed by atoms with Crippen molar-refractivity contribution in [2.24, 2.45) is 22.0 Å². The van der Waals surface area contributed by atoms with Crippen molar-refractivity contribution in [1.29, 1.82) is 0 Å². The lowest BCUT2D eigenvalue weighted by Crippen LogP contribution is -2.33. The summed E-state index contributed by atoms with van der Waals surface area (Å²) < 4.78 is 0. The van der Waals surface area contributed by atoms with Gasteiger partial charge in [0.2, 0.25) is 0 Å². The van der Waals surface area contributed by atoms with Crippen LogP contribution in [0.15, 0.2) is 34.5 Å². The van der Waals surface area contributed by atoms with E-state index in [-0.39, 0.29) is 5.78 Å². The maximum atomic E-state index is 11.3. The molecule has 0 aromatic heterocycles. The lowest BCUT2D eigenvalue weighted by molar-refractivity contribution is -0.116. The number of carbonyl (C=O) groups is 1. The lowest BCUT2D eigenvalue weighted by atomic mass is 9.74. The first kappa shape index (κ1) is 16.1. The molecule has 2 aliphatic rings. The molecule has 1 aliphatic heterocycles. The largest absolute Gasteiger partial charge is 0.300 e. The van der Waals surface area contributed by atoms with Crippen LogP contribution in [-0.4, -0.2) is 17.2 Å². The van der Waals surface area contributed by atoms with Crippen LogP contribution in [0.5, 0.6) is 0 Å². The van der Waals surface area contributed by atoms with E-state index in [1.54, 1.807) is 6.92 Å². The maximum Gasteiger partial charge on any atom is 0.134 e. The van der Waals surface area contributed by atoms with Crippen molar-refractivity contribution < 1.29 is 4.79 Å². The average Bonchev–Trinajstić information content (AvgIpc) is 2.49. The third-order valence-electron chi connectivity index (χ3n) is 5.17. The molecule has 1 aliphatic carbocycles. The third-order valence-corrected chi connectivity index (χ3v) is 5.17. The summed E-state index contributed by atoms with van der Waals surface area (Å²) in [5.74, 6) is 1.26. The molecule has 3 heteroatoms. The molecule has 1 aromatic rings. The molecule has 0 N–H and O–H groups in total. The number of fused-ring (bicyclic) bond motifs is 1. The average molecular weight is 310 g/mol. The molecule has 1 fully saturated rings. The van der Waals surface area contributed by atoms with Gasteiger partial charge in [-0.15, -0.1) is 0 Å². The van der Waals surface area contributed by atoms with Gasteiger partial charge >= 0.3 is 0 Å². The molecule has 0 saturated heterocycles. The number of nitrogens with zero attached hydrogens (tertiary/aromatic N) is 2. The van der Waals surface area contributed by atoms with Gasteiger partial charge in [0.1, 0.15) is 5.78 Å². The Balaban J connectivity index is 1.86. The van der Waals surface area contributed by atoms with E-state index in [4.69, 9.17) is 0 Å². The van der Waals surface area contributed by atoms with Crippen molar-refractivity contribution in [2.75, 3.05) is 0 Å². The summed E-state index contributed by atoms with van der Waals surface area (Å²) in [6, 6.07) is 8.34. The highest BCUT2D eigenvalue weighted by molar-refractivity contribution is 6.06. The van der Waals surface area contributed by atoms with Gasteiger partial charge in [-0.1, -0.05) is 49.9 Å². The summed E-state index contributed by atoms with van der Waals surface area (Å²) in [7, 11) is 0. The molecule has 1 aromatic carbocycles. The topological polar surface area (TPSA) is 41.8 Å². The number of ketones is 1. The van der Waals surface area contributed by atoms with Crippen LogP contribution in [0.4, 0.5) is 0 Å². The molecule has 0 bridgehead atoms. The summed E-state index contributed by atoms with van der Waals surface area (Å²) in [5.41, 5.74) is 4.60. The minimum atomic E-state index is 0.202. The van der Waals surface area contributed by atoms with Crippen LogP contribution in [0.3, 0.4) is 0 Å². The number of hydrogen-bond acceptors (Lipinski definition) is 3. The van der Waals surface area contributed by atoms with Crippen LogP contribution in [-0.2, 0) is 11.2 Å². The minimum Gasteiger partial charge on any atom is -0.300 e. The monoisotopic (exact) mass is 310 g/mol. The molecule has 0 amide bonds. The maximum absolute atomic E-state index is 11.3. The van der Waals surface area contributed by atoms with Gasteiger partial charge in [-0.3, -0.25) is 4.79 Å². The second-order valence-electron chi connectivity index (χ2n) is 7.01. The van der Waals surface area contributed by atoms with Crippen molar-refractivity contribution in [3.63, 3.8) is 0 Å². The van der Waals surface area contributed by atoms with Crippen molar-refractivity contribution in [2.45, 2.75) is 58.8 Å². The third kappa shape index (κ3) is 3.77. The number of Topliss-reactive ketones (excluding diaryl/α,β-unsaturated/α-hetero) is 1. The Kier molecular flexibility index (Phi) is 5.04. The highest BCUT2D eigenvalue weighted by Crippen LogP contribution is 2.34. The molecule has 1 heterocycles. The second kappa shape index (κ2) is 7.20. The molecule has 2 atom stereocenters. The fourth-order valence-electron chi connectivity index (χ4n) is 3.95. The van der Waals surface area contributed by atoms with Crippen molar-refractivity contribution in [3.05, 3.63) is 35.4 Å². The van der Waals surface area contributed by atoms with Gasteiger partial charge in [-0.2, -0.15) is 10.2 Å². The van der Waals surface area contributed by atoms with E-state index < -0.39 is 0 Å². The zero-order valence-electron chi connectivity index (χ0n) is 14.2. The van der Waals surface area contributed by atoms with Crippen LogP contribution in [0.25, 0.3) is 0 Å². The Bertz CT molecular complexity index is 628. The van der Waals surface area contributed by atoms with Gasteiger partial charge in [-0.25, -0.2) is 0 Å². The summed E-state index contributed by atoms with van der Waals surface area (Å²) >= 11 is 0. The van der Waals surface area contributed by atoms with Crippen molar-refractivity contribution in [3.8, 4) is 0 Å². The van der Waals surface area contributed by atoms with Crippen molar-refractivity contribution >= 4 is 17.2 Å². The van der Waals surface area contributed by atoms with Gasteiger partial charge in [0, 0.05) is 24.0 Å². The molecule has 0 spiro atoms. The zero-order chi connectivity index (χ0) is 16.2. The number of carbonyl (C=O) groups excluding carboxylic acids is 1. The first-order valence-corrected chi connectivity index (χ1v) is 8.86. The van der Waals surface area contributed by atoms with Crippen LogP contribution in [0.1, 0.15) is 63.5 Å². The van der Waals surface area contributed by atoms with Crippen LogP contribution in [0.2, 0.25) is 0 Å². The highest BCUT2D eigenvalue weighted by atomic mass is 16.1. The molecular weight excluding hydrogens is 284 g/mol. The smallest absolute Gasteiger partial charge is 0.134 e.